The van der Waals surface area contributed by atoms with Crippen LogP contribution in [0.15, 0.2) is 23.3 Å². The Labute approximate surface area is 166 Å². The molecule has 1 fully saturated rings. The highest BCUT2D eigenvalue weighted by atomic mass is 32.2. The maximum Gasteiger partial charge on any atom is 0.414 e. The van der Waals surface area contributed by atoms with Gasteiger partial charge in [0, 0.05) is 12.5 Å². The molecule has 1 aromatic carbocycles. The van der Waals surface area contributed by atoms with Gasteiger partial charge < -0.3 is 10.1 Å². The van der Waals surface area contributed by atoms with Gasteiger partial charge >= 0.3 is 6.09 Å². The average molecular weight is 426 g/mol. The van der Waals surface area contributed by atoms with Crippen LogP contribution < -0.4 is 15.6 Å². The molecule has 0 radical (unpaired) electrons. The van der Waals surface area contributed by atoms with Gasteiger partial charge in [0.2, 0.25) is 15.7 Å². The Balaban J connectivity index is 1.88. The number of hydrogen-bond acceptors (Lipinski definition) is 7. The molecule has 0 spiro atoms. The van der Waals surface area contributed by atoms with Gasteiger partial charge in [0.1, 0.15) is 11.9 Å². The van der Waals surface area contributed by atoms with Gasteiger partial charge in [0.25, 0.3) is 5.91 Å². The Hall–Kier alpha value is -3.02. The topological polar surface area (TPSA) is 134 Å². The lowest BCUT2D eigenvalue weighted by molar-refractivity contribution is -0.123. The molecule has 0 aliphatic carbocycles. The fourth-order valence-electron chi connectivity index (χ4n) is 2.81. The highest BCUT2D eigenvalue weighted by Crippen LogP contribution is 2.29. The van der Waals surface area contributed by atoms with Gasteiger partial charge in [-0.25, -0.2) is 23.0 Å². The monoisotopic (exact) mass is 426 g/mol. The van der Waals surface area contributed by atoms with Gasteiger partial charge in [-0.3, -0.25) is 14.5 Å². The molecule has 1 saturated heterocycles. The summed E-state index contributed by atoms with van der Waals surface area (Å²) in [6, 6.07) is 3.50. The molecule has 0 aromatic heterocycles. The van der Waals surface area contributed by atoms with Crippen LogP contribution in [0, 0.1) is 5.82 Å². The number of nitrogens with zero attached hydrogens (tertiary/aromatic N) is 2. The standard InChI is InChI=1S/C17H19FN4O6S/c1-9(23)19-7-11-8-22(16(25)28-11)10-4-5-12(13(18)6-10)14-20-21-15(24)17(2,3)29(14,26)27/h4-6,11H,7-8H2,1-3H3,(H,19,23)(H,21,24)/t11-/m0/s1. The fraction of sp³-hybridized carbons (Fsp3) is 0.412. The SMILES string of the molecule is CC(=O)NC[C@H]1CN(c2ccc(C3=NNC(=O)C(C)(C)S3(=O)=O)c(F)c2)C(=O)O1. The van der Waals surface area contributed by atoms with Crippen molar-refractivity contribution >= 4 is 38.5 Å². The summed E-state index contributed by atoms with van der Waals surface area (Å²) in [5, 5.41) is 5.46. The zero-order chi connectivity index (χ0) is 21.6. The average Bonchev–Trinajstić information content (AvgIpc) is 3.00. The second kappa shape index (κ2) is 7.10. The lowest BCUT2D eigenvalue weighted by atomic mass is 10.2. The van der Waals surface area contributed by atoms with Crippen molar-refractivity contribution in [3.8, 4) is 0 Å². The van der Waals surface area contributed by atoms with Crippen LogP contribution in [0.4, 0.5) is 14.9 Å². The second-order valence-electron chi connectivity index (χ2n) is 7.09. The molecule has 3 amide bonds. The molecule has 2 aliphatic rings. The lowest BCUT2D eigenvalue weighted by Gasteiger charge is -2.27. The fourth-order valence-corrected chi connectivity index (χ4v) is 4.20. The zero-order valence-electron chi connectivity index (χ0n) is 15.9. The number of benzene rings is 1. The third-order valence-electron chi connectivity index (χ3n) is 4.68. The molecule has 2 aliphatic heterocycles. The van der Waals surface area contributed by atoms with E-state index < -0.39 is 43.5 Å². The van der Waals surface area contributed by atoms with Crippen LogP contribution in [0.25, 0.3) is 0 Å². The number of rotatable bonds is 4. The van der Waals surface area contributed by atoms with Gasteiger partial charge in [0.15, 0.2) is 9.79 Å². The van der Waals surface area contributed by atoms with E-state index in [0.29, 0.717) is 0 Å². The number of amides is 3. The predicted molar refractivity (Wildman–Crippen MR) is 100 cm³/mol. The molecule has 0 saturated carbocycles. The van der Waals surface area contributed by atoms with E-state index in [1.165, 1.54) is 37.8 Å². The Kier molecular flexibility index (Phi) is 5.07. The van der Waals surface area contributed by atoms with Crippen molar-refractivity contribution in [2.45, 2.75) is 31.6 Å². The van der Waals surface area contributed by atoms with Crippen LogP contribution in [0.2, 0.25) is 0 Å². The van der Waals surface area contributed by atoms with Crippen LogP contribution >= 0.6 is 0 Å². The van der Waals surface area contributed by atoms with Crippen LogP contribution in [0.3, 0.4) is 0 Å². The third-order valence-corrected chi connectivity index (χ3v) is 7.03. The minimum absolute atomic E-state index is 0.0836. The first kappa shape index (κ1) is 20.7. The van der Waals surface area contributed by atoms with Crippen molar-refractivity contribution in [3.63, 3.8) is 0 Å². The number of halogens is 1. The maximum absolute atomic E-state index is 14.8. The Morgan fingerprint density at radius 3 is 2.72 bits per heavy atom. The smallest absolute Gasteiger partial charge is 0.414 e. The summed E-state index contributed by atoms with van der Waals surface area (Å²) in [5.74, 6) is -2.03. The highest BCUT2D eigenvalue weighted by Gasteiger charge is 2.49. The minimum Gasteiger partial charge on any atom is -0.442 e. The van der Waals surface area contributed by atoms with E-state index in [1.54, 1.807) is 0 Å². The lowest BCUT2D eigenvalue weighted by Crippen LogP contribution is -2.53. The van der Waals surface area contributed by atoms with E-state index in [2.05, 4.69) is 15.8 Å². The number of ether oxygens (including phenoxy) is 1. The van der Waals surface area contributed by atoms with E-state index in [4.69, 9.17) is 4.74 Å². The predicted octanol–water partition coefficient (Wildman–Crippen LogP) is 0.272. The van der Waals surface area contributed by atoms with Gasteiger partial charge in [-0.15, -0.1) is 0 Å². The summed E-state index contributed by atoms with van der Waals surface area (Å²) >= 11 is 0. The van der Waals surface area contributed by atoms with Gasteiger partial charge in [-0.05, 0) is 32.0 Å². The van der Waals surface area contributed by atoms with Crippen molar-refractivity contribution < 1.29 is 31.9 Å². The molecule has 2 heterocycles. The number of sulfone groups is 1. The minimum atomic E-state index is -4.24. The van der Waals surface area contributed by atoms with Crippen LogP contribution in [-0.4, -0.2) is 55.3 Å². The van der Waals surface area contributed by atoms with Crippen LogP contribution in [-0.2, 0) is 24.2 Å². The summed E-state index contributed by atoms with van der Waals surface area (Å²) in [6.07, 6.45) is -1.32. The van der Waals surface area contributed by atoms with E-state index >= 15 is 0 Å². The molecule has 2 N–H and O–H groups in total. The van der Waals surface area contributed by atoms with Crippen LogP contribution in [0.1, 0.15) is 26.3 Å². The summed E-state index contributed by atoms with van der Waals surface area (Å²) < 4.78 is 43.4. The summed E-state index contributed by atoms with van der Waals surface area (Å²) in [6.45, 7) is 3.93. The molecular weight excluding hydrogens is 407 g/mol. The molecule has 29 heavy (non-hydrogen) atoms. The number of hydrazone groups is 1. The zero-order valence-corrected chi connectivity index (χ0v) is 16.7. The highest BCUT2D eigenvalue weighted by molar-refractivity contribution is 8.08. The molecule has 3 rings (SSSR count). The molecule has 156 valence electrons. The number of hydrogen-bond donors (Lipinski definition) is 2. The quantitative estimate of drug-likeness (QED) is 0.710. The van der Waals surface area contributed by atoms with Crippen molar-refractivity contribution in [1.82, 2.24) is 10.7 Å². The van der Waals surface area contributed by atoms with Gasteiger partial charge in [-0.1, -0.05) is 0 Å². The Bertz CT molecular complexity index is 1040. The van der Waals surface area contributed by atoms with E-state index in [0.717, 1.165) is 6.07 Å². The number of carbonyl (C=O) groups is 3. The first-order valence-corrected chi connectivity index (χ1v) is 10.1. The third kappa shape index (κ3) is 3.55. The van der Waals surface area contributed by atoms with Crippen LogP contribution in [0.5, 0.6) is 0 Å². The molecule has 12 heteroatoms. The van der Waals surface area contributed by atoms with Crippen molar-refractivity contribution in [2.24, 2.45) is 5.10 Å². The van der Waals surface area contributed by atoms with Gasteiger partial charge in [-0.2, -0.15) is 5.10 Å². The summed E-state index contributed by atoms with van der Waals surface area (Å²) in [7, 11) is -4.24. The van der Waals surface area contributed by atoms with Crippen molar-refractivity contribution in [3.05, 3.63) is 29.6 Å². The molecule has 1 atom stereocenters. The Morgan fingerprint density at radius 1 is 1.41 bits per heavy atom. The van der Waals surface area contributed by atoms with Crippen molar-refractivity contribution in [2.75, 3.05) is 18.0 Å². The van der Waals surface area contributed by atoms with E-state index in [-0.39, 0.29) is 30.2 Å². The number of cyclic esters (lactones) is 1. The number of anilines is 1. The van der Waals surface area contributed by atoms with Crippen molar-refractivity contribution in [1.29, 1.82) is 0 Å². The maximum atomic E-state index is 14.8. The molecule has 0 unspecified atom stereocenters. The number of carbonyl (C=O) groups excluding carboxylic acids is 3. The first-order chi connectivity index (χ1) is 13.4. The largest absolute Gasteiger partial charge is 0.442 e. The molecular formula is C17H19FN4O6S. The number of nitrogens with one attached hydrogen (secondary N) is 2. The van der Waals surface area contributed by atoms with E-state index in [1.807, 2.05) is 0 Å². The van der Waals surface area contributed by atoms with E-state index in [9.17, 15) is 27.2 Å². The first-order valence-electron chi connectivity index (χ1n) is 8.60. The molecule has 10 nitrogen and oxygen atoms in total. The Morgan fingerprint density at radius 2 is 2.10 bits per heavy atom. The normalized spacial score (nSPS) is 22.6. The summed E-state index contributed by atoms with van der Waals surface area (Å²) in [4.78, 5) is 36.0. The summed E-state index contributed by atoms with van der Waals surface area (Å²) in [5.41, 5.74) is 1.92. The molecule has 0 bridgehead atoms. The second-order valence-corrected chi connectivity index (χ2v) is 9.50. The molecule has 1 aromatic rings. The van der Waals surface area contributed by atoms with Gasteiger partial charge in [0.05, 0.1) is 18.8 Å².